The molecule has 0 bridgehead atoms. The van der Waals surface area contributed by atoms with Gasteiger partial charge in [0.2, 0.25) is 5.91 Å². The van der Waals surface area contributed by atoms with E-state index in [4.69, 9.17) is 5.73 Å². The molecule has 1 amide bonds. The summed E-state index contributed by atoms with van der Waals surface area (Å²) in [5.41, 5.74) is 7.97. The number of nitrogens with zero attached hydrogens (tertiary/aromatic N) is 1. The Morgan fingerprint density at radius 2 is 2.10 bits per heavy atom. The molecular weight excluding hydrogens is 386 g/mol. The van der Waals surface area contributed by atoms with Crippen LogP contribution in [0.15, 0.2) is 45.5 Å². The molecule has 1 atom stereocenters. The van der Waals surface area contributed by atoms with Crippen molar-refractivity contribution in [2.75, 3.05) is 5.32 Å². The number of hydrogen-bond acceptors (Lipinski definition) is 3. The molecule has 0 radical (unpaired) electrons. The Kier molecular flexibility index (Phi) is 4.77. The summed E-state index contributed by atoms with van der Waals surface area (Å²) >= 11 is 6.73. The van der Waals surface area contributed by atoms with Crippen LogP contribution in [0.2, 0.25) is 0 Å². The van der Waals surface area contributed by atoms with Gasteiger partial charge in [-0.05, 0) is 62.5 Å². The van der Waals surface area contributed by atoms with Crippen molar-refractivity contribution in [2.45, 2.75) is 13.0 Å². The molecular formula is C14H13Br2N3O. The lowest BCUT2D eigenvalue weighted by atomic mass is 10.1. The Labute approximate surface area is 134 Å². The maximum atomic E-state index is 11.7. The van der Waals surface area contributed by atoms with Crippen LogP contribution in [0.1, 0.15) is 17.3 Å². The minimum absolute atomic E-state index is 0.484. The zero-order valence-electron chi connectivity index (χ0n) is 10.7. The van der Waals surface area contributed by atoms with Crippen molar-refractivity contribution in [3.8, 4) is 0 Å². The maximum Gasteiger partial charge on any atom is 0.246 e. The number of pyridine rings is 1. The average molecular weight is 399 g/mol. The number of anilines is 1. The number of rotatable bonds is 4. The molecule has 104 valence electrons. The molecule has 6 heteroatoms. The van der Waals surface area contributed by atoms with E-state index in [-0.39, 0.29) is 0 Å². The normalized spacial score (nSPS) is 11.9. The molecule has 0 aliphatic carbocycles. The Balaban J connectivity index is 2.34. The SMILES string of the molecule is Cc1cccc(NC(C(N)=O)c2ncc(Br)cc2Br)c1. The summed E-state index contributed by atoms with van der Waals surface area (Å²) in [6.45, 7) is 1.98. The number of amides is 1. The van der Waals surface area contributed by atoms with Crippen LogP contribution in [-0.4, -0.2) is 10.9 Å². The molecule has 0 saturated carbocycles. The molecule has 1 heterocycles. The molecule has 20 heavy (non-hydrogen) atoms. The third-order valence-electron chi connectivity index (χ3n) is 2.72. The minimum atomic E-state index is -0.695. The number of aryl methyl sites for hydroxylation is 1. The Bertz CT molecular complexity index is 646. The number of carbonyl (C=O) groups is 1. The van der Waals surface area contributed by atoms with Crippen molar-refractivity contribution in [3.63, 3.8) is 0 Å². The number of halogens is 2. The van der Waals surface area contributed by atoms with E-state index < -0.39 is 11.9 Å². The van der Waals surface area contributed by atoms with Gasteiger partial charge in [0.15, 0.2) is 0 Å². The summed E-state index contributed by atoms with van der Waals surface area (Å²) in [6.07, 6.45) is 1.63. The molecule has 0 saturated heterocycles. The summed E-state index contributed by atoms with van der Waals surface area (Å²) in [5.74, 6) is -0.484. The lowest BCUT2D eigenvalue weighted by Gasteiger charge is -2.18. The van der Waals surface area contributed by atoms with E-state index in [1.165, 1.54) is 0 Å². The van der Waals surface area contributed by atoms with Crippen molar-refractivity contribution in [1.82, 2.24) is 4.98 Å². The van der Waals surface area contributed by atoms with Crippen LogP contribution >= 0.6 is 31.9 Å². The molecule has 0 aliphatic heterocycles. The predicted molar refractivity (Wildman–Crippen MR) is 86.4 cm³/mol. The highest BCUT2D eigenvalue weighted by Crippen LogP contribution is 2.27. The number of primary amides is 1. The molecule has 0 spiro atoms. The molecule has 2 rings (SSSR count). The molecule has 0 aliphatic rings. The van der Waals surface area contributed by atoms with E-state index in [0.717, 1.165) is 20.2 Å². The van der Waals surface area contributed by atoms with Crippen LogP contribution in [0.25, 0.3) is 0 Å². The highest BCUT2D eigenvalue weighted by molar-refractivity contribution is 9.11. The Hall–Kier alpha value is -1.40. The van der Waals surface area contributed by atoms with Crippen molar-refractivity contribution in [2.24, 2.45) is 5.73 Å². The van der Waals surface area contributed by atoms with Gasteiger partial charge in [-0.1, -0.05) is 12.1 Å². The summed E-state index contributed by atoms with van der Waals surface area (Å²) in [5, 5.41) is 3.11. The minimum Gasteiger partial charge on any atom is -0.369 e. The molecule has 0 fully saturated rings. The standard InChI is InChI=1S/C14H13Br2N3O/c1-8-3-2-4-10(5-8)19-13(14(17)20)12-11(16)6-9(15)7-18-12/h2-7,13,19H,1H3,(H2,17,20). The van der Waals surface area contributed by atoms with Crippen molar-refractivity contribution < 1.29 is 4.79 Å². The predicted octanol–water partition coefficient (Wildman–Crippen LogP) is 3.55. The molecule has 3 N–H and O–H groups in total. The number of carbonyl (C=O) groups excluding carboxylic acids is 1. The first-order chi connectivity index (χ1) is 9.47. The summed E-state index contributed by atoms with van der Waals surface area (Å²) < 4.78 is 1.54. The van der Waals surface area contributed by atoms with Crippen LogP contribution in [0, 0.1) is 6.92 Å². The first-order valence-electron chi connectivity index (χ1n) is 5.91. The molecule has 1 aromatic carbocycles. The Morgan fingerprint density at radius 3 is 2.70 bits per heavy atom. The number of benzene rings is 1. The van der Waals surface area contributed by atoms with Gasteiger partial charge in [0, 0.05) is 20.8 Å². The van der Waals surface area contributed by atoms with Crippen LogP contribution < -0.4 is 11.1 Å². The van der Waals surface area contributed by atoms with Gasteiger partial charge in [-0.2, -0.15) is 0 Å². The van der Waals surface area contributed by atoms with Crippen LogP contribution in [0.3, 0.4) is 0 Å². The summed E-state index contributed by atoms with van der Waals surface area (Å²) in [7, 11) is 0. The smallest absolute Gasteiger partial charge is 0.246 e. The van der Waals surface area contributed by atoms with Crippen molar-refractivity contribution in [3.05, 3.63) is 56.7 Å². The van der Waals surface area contributed by atoms with Gasteiger partial charge >= 0.3 is 0 Å². The van der Waals surface area contributed by atoms with E-state index in [9.17, 15) is 4.79 Å². The fourth-order valence-corrected chi connectivity index (χ4v) is 3.03. The van der Waals surface area contributed by atoms with E-state index in [1.807, 2.05) is 37.3 Å². The lowest BCUT2D eigenvalue weighted by Crippen LogP contribution is -2.28. The van der Waals surface area contributed by atoms with Crippen molar-refractivity contribution in [1.29, 1.82) is 0 Å². The first-order valence-corrected chi connectivity index (χ1v) is 7.49. The van der Waals surface area contributed by atoms with Gasteiger partial charge in [-0.25, -0.2) is 0 Å². The van der Waals surface area contributed by atoms with E-state index in [2.05, 4.69) is 42.2 Å². The quantitative estimate of drug-likeness (QED) is 0.827. The summed E-state index contributed by atoms with van der Waals surface area (Å²) in [6, 6.07) is 8.87. The molecule has 4 nitrogen and oxygen atoms in total. The van der Waals surface area contributed by atoms with Gasteiger partial charge in [0.1, 0.15) is 6.04 Å². The van der Waals surface area contributed by atoms with E-state index >= 15 is 0 Å². The fourth-order valence-electron chi connectivity index (χ4n) is 1.81. The first kappa shape index (κ1) is 15.0. The van der Waals surface area contributed by atoms with Crippen molar-refractivity contribution >= 4 is 43.5 Å². The third-order valence-corrected chi connectivity index (χ3v) is 3.79. The van der Waals surface area contributed by atoms with Crippen LogP contribution in [0.4, 0.5) is 5.69 Å². The number of nitrogens with two attached hydrogens (primary N) is 1. The Morgan fingerprint density at radius 1 is 1.35 bits per heavy atom. The zero-order chi connectivity index (χ0) is 14.7. The fraction of sp³-hybridized carbons (Fsp3) is 0.143. The average Bonchev–Trinajstić information content (AvgIpc) is 2.36. The monoisotopic (exact) mass is 397 g/mol. The third kappa shape index (κ3) is 3.58. The largest absolute Gasteiger partial charge is 0.369 e. The van der Waals surface area contributed by atoms with Gasteiger partial charge in [0.25, 0.3) is 0 Å². The molecule has 2 aromatic rings. The highest BCUT2D eigenvalue weighted by Gasteiger charge is 2.22. The van der Waals surface area contributed by atoms with Crippen LogP contribution in [-0.2, 0) is 4.79 Å². The van der Waals surface area contributed by atoms with Gasteiger partial charge < -0.3 is 11.1 Å². The van der Waals surface area contributed by atoms with Crippen LogP contribution in [0.5, 0.6) is 0 Å². The van der Waals surface area contributed by atoms with Gasteiger partial charge in [-0.3, -0.25) is 9.78 Å². The number of nitrogens with one attached hydrogen (secondary N) is 1. The van der Waals surface area contributed by atoms with E-state index in [1.54, 1.807) is 6.20 Å². The second-order valence-electron chi connectivity index (χ2n) is 4.37. The number of hydrogen-bond donors (Lipinski definition) is 2. The van der Waals surface area contributed by atoms with E-state index in [0.29, 0.717) is 5.69 Å². The lowest BCUT2D eigenvalue weighted by molar-refractivity contribution is -0.118. The topological polar surface area (TPSA) is 68.0 Å². The second kappa shape index (κ2) is 6.37. The zero-order valence-corrected chi connectivity index (χ0v) is 13.9. The second-order valence-corrected chi connectivity index (χ2v) is 6.14. The van der Waals surface area contributed by atoms with Gasteiger partial charge in [-0.15, -0.1) is 0 Å². The molecule has 1 unspecified atom stereocenters. The number of aromatic nitrogens is 1. The highest BCUT2D eigenvalue weighted by atomic mass is 79.9. The molecule has 1 aromatic heterocycles. The maximum absolute atomic E-state index is 11.7. The van der Waals surface area contributed by atoms with Gasteiger partial charge in [0.05, 0.1) is 5.69 Å². The summed E-state index contributed by atoms with van der Waals surface area (Å²) in [4.78, 5) is 16.0.